The third-order valence-corrected chi connectivity index (χ3v) is 5.12. The molecule has 1 heterocycles. The van der Waals surface area contributed by atoms with Crippen molar-refractivity contribution in [2.45, 2.75) is 18.3 Å². The Balaban J connectivity index is 1.81. The van der Waals surface area contributed by atoms with E-state index in [0.717, 1.165) is 11.8 Å². The number of thioether (sulfide) groups is 1. The van der Waals surface area contributed by atoms with Crippen molar-refractivity contribution in [1.29, 1.82) is 0 Å². The smallest absolute Gasteiger partial charge is 0.387 e. The van der Waals surface area contributed by atoms with E-state index in [1.165, 1.54) is 22.8 Å². The fourth-order valence-corrected chi connectivity index (χ4v) is 3.63. The van der Waals surface area contributed by atoms with Crippen LogP contribution in [0.5, 0.6) is 5.75 Å². The third kappa shape index (κ3) is 5.17. The Morgan fingerprint density at radius 1 is 1.33 bits per heavy atom. The molecule has 1 amide bonds. The zero-order chi connectivity index (χ0) is 21.7. The molecule has 0 saturated carbocycles. The Kier molecular flexibility index (Phi) is 7.07. The predicted octanol–water partition coefficient (Wildman–Crippen LogP) is 4.57. The number of amides is 1. The minimum Gasteiger partial charge on any atom is -0.433 e. The molecule has 30 heavy (non-hydrogen) atoms. The second-order valence-electron chi connectivity index (χ2n) is 5.97. The maximum atomic E-state index is 12.8. The molecule has 10 heteroatoms. The Morgan fingerprint density at radius 3 is 2.83 bits per heavy atom. The Hall–Kier alpha value is -2.91. The molecule has 156 valence electrons. The van der Waals surface area contributed by atoms with Gasteiger partial charge in [0.05, 0.1) is 22.3 Å². The number of hydrogen-bond donors (Lipinski definition) is 1. The number of halogens is 3. The summed E-state index contributed by atoms with van der Waals surface area (Å²) in [6, 6.07) is 10.6. The van der Waals surface area contributed by atoms with Crippen molar-refractivity contribution in [2.75, 3.05) is 11.1 Å². The molecule has 0 aliphatic heterocycles. The van der Waals surface area contributed by atoms with Crippen LogP contribution >= 0.6 is 23.4 Å². The van der Waals surface area contributed by atoms with Crippen LogP contribution in [-0.2, 0) is 11.3 Å². The van der Waals surface area contributed by atoms with Crippen LogP contribution in [-0.4, -0.2) is 27.8 Å². The van der Waals surface area contributed by atoms with Crippen LogP contribution in [0.25, 0.3) is 10.9 Å². The summed E-state index contributed by atoms with van der Waals surface area (Å²) in [5, 5.41) is 3.66. The number of carbonyl (C=O) groups excluding carboxylic acids is 1. The lowest BCUT2D eigenvalue weighted by molar-refractivity contribution is -0.113. The first-order valence-corrected chi connectivity index (χ1v) is 10.0. The molecule has 0 fully saturated rings. The average molecular weight is 452 g/mol. The number of para-hydroxylation sites is 2. The molecule has 0 aliphatic rings. The summed E-state index contributed by atoms with van der Waals surface area (Å²) < 4.78 is 30.8. The number of fused-ring (bicyclic) bond motifs is 1. The second kappa shape index (κ2) is 9.73. The molecule has 0 saturated heterocycles. The SMILES string of the molecule is C=CCn1c(SCC(=O)Nc2ccccc2OC(F)F)nc2cc(Cl)ccc2c1=O. The first-order valence-electron chi connectivity index (χ1n) is 8.66. The number of nitrogens with zero attached hydrogens (tertiary/aromatic N) is 2. The molecule has 0 bridgehead atoms. The molecule has 3 aromatic rings. The van der Waals surface area contributed by atoms with Crippen LogP contribution in [0.15, 0.2) is 65.1 Å². The summed E-state index contributed by atoms with van der Waals surface area (Å²) in [5.74, 6) is -0.734. The van der Waals surface area contributed by atoms with Gasteiger partial charge in [-0.15, -0.1) is 6.58 Å². The highest BCUT2D eigenvalue weighted by Crippen LogP contribution is 2.26. The Bertz CT molecular complexity index is 1150. The number of alkyl halides is 2. The fraction of sp³-hybridized carbons (Fsp3) is 0.150. The minimum atomic E-state index is -3.01. The number of nitrogens with one attached hydrogen (secondary N) is 1. The van der Waals surface area contributed by atoms with Crippen molar-refractivity contribution < 1.29 is 18.3 Å². The van der Waals surface area contributed by atoms with Gasteiger partial charge in [0.1, 0.15) is 5.75 Å². The lowest BCUT2D eigenvalue weighted by atomic mass is 10.2. The van der Waals surface area contributed by atoms with Gasteiger partial charge in [-0.1, -0.05) is 41.6 Å². The van der Waals surface area contributed by atoms with Gasteiger partial charge in [-0.2, -0.15) is 8.78 Å². The first kappa shape index (κ1) is 21.8. The van der Waals surface area contributed by atoms with Crippen LogP contribution in [0.3, 0.4) is 0 Å². The molecule has 3 rings (SSSR count). The highest BCUT2D eigenvalue weighted by molar-refractivity contribution is 7.99. The number of benzene rings is 2. The first-order chi connectivity index (χ1) is 14.4. The standard InChI is InChI=1S/C20H16ClF2N3O3S/c1-2-9-26-18(28)13-8-7-12(21)10-15(13)25-20(26)30-11-17(27)24-14-5-3-4-6-16(14)29-19(22)23/h2-8,10,19H,1,9,11H2,(H,24,27). The van der Waals surface area contributed by atoms with Crippen LogP contribution in [0.2, 0.25) is 5.02 Å². The fourth-order valence-electron chi connectivity index (χ4n) is 2.66. The number of aromatic nitrogens is 2. The monoisotopic (exact) mass is 451 g/mol. The minimum absolute atomic E-state index is 0.112. The van der Waals surface area contributed by atoms with E-state index in [9.17, 15) is 18.4 Å². The van der Waals surface area contributed by atoms with Crippen LogP contribution in [0, 0.1) is 0 Å². The third-order valence-electron chi connectivity index (χ3n) is 3.90. The van der Waals surface area contributed by atoms with Gasteiger partial charge in [0.25, 0.3) is 5.56 Å². The number of allylic oxidation sites excluding steroid dienone is 1. The average Bonchev–Trinajstić information content (AvgIpc) is 2.70. The molecule has 0 spiro atoms. The maximum Gasteiger partial charge on any atom is 0.387 e. The van der Waals surface area contributed by atoms with Gasteiger partial charge < -0.3 is 10.1 Å². The van der Waals surface area contributed by atoms with E-state index < -0.39 is 12.5 Å². The maximum absolute atomic E-state index is 12.8. The predicted molar refractivity (Wildman–Crippen MR) is 114 cm³/mol. The van der Waals surface area contributed by atoms with E-state index in [-0.39, 0.29) is 29.3 Å². The van der Waals surface area contributed by atoms with Gasteiger partial charge >= 0.3 is 6.61 Å². The van der Waals surface area contributed by atoms with E-state index >= 15 is 0 Å². The molecular weight excluding hydrogens is 436 g/mol. The normalized spacial score (nSPS) is 10.9. The Morgan fingerprint density at radius 2 is 2.10 bits per heavy atom. The summed E-state index contributed by atoms with van der Waals surface area (Å²) in [7, 11) is 0. The van der Waals surface area contributed by atoms with Crippen molar-refractivity contribution in [1.82, 2.24) is 9.55 Å². The van der Waals surface area contributed by atoms with Crippen LogP contribution in [0.1, 0.15) is 0 Å². The summed E-state index contributed by atoms with van der Waals surface area (Å²) in [5.41, 5.74) is 0.242. The second-order valence-corrected chi connectivity index (χ2v) is 7.35. The number of hydrogen-bond acceptors (Lipinski definition) is 5. The highest BCUT2D eigenvalue weighted by atomic mass is 35.5. The van der Waals surface area contributed by atoms with Crippen molar-refractivity contribution in [3.05, 3.63) is 70.5 Å². The van der Waals surface area contributed by atoms with E-state index in [1.54, 1.807) is 30.3 Å². The lowest BCUT2D eigenvalue weighted by Crippen LogP contribution is -2.24. The van der Waals surface area contributed by atoms with Crippen molar-refractivity contribution in [3.8, 4) is 5.75 Å². The molecule has 2 aromatic carbocycles. The summed E-state index contributed by atoms with van der Waals surface area (Å²) in [4.78, 5) is 29.6. The van der Waals surface area contributed by atoms with E-state index in [2.05, 4.69) is 21.6 Å². The summed E-state index contributed by atoms with van der Waals surface area (Å²) in [6.07, 6.45) is 1.55. The number of ether oxygens (including phenoxy) is 1. The lowest BCUT2D eigenvalue weighted by Gasteiger charge is -2.13. The number of carbonyl (C=O) groups is 1. The molecule has 6 nitrogen and oxygen atoms in total. The molecule has 0 atom stereocenters. The zero-order valence-electron chi connectivity index (χ0n) is 15.5. The van der Waals surface area contributed by atoms with E-state index in [0.29, 0.717) is 21.1 Å². The van der Waals surface area contributed by atoms with Gasteiger partial charge in [0, 0.05) is 11.6 Å². The molecule has 0 radical (unpaired) electrons. The van der Waals surface area contributed by atoms with Crippen LogP contribution in [0.4, 0.5) is 14.5 Å². The summed E-state index contributed by atoms with van der Waals surface area (Å²) >= 11 is 7.02. The largest absolute Gasteiger partial charge is 0.433 e. The Labute approximate surface area is 179 Å². The quantitative estimate of drug-likeness (QED) is 0.308. The number of rotatable bonds is 8. The molecule has 1 aromatic heterocycles. The highest BCUT2D eigenvalue weighted by Gasteiger charge is 2.15. The van der Waals surface area contributed by atoms with Gasteiger partial charge in [-0.05, 0) is 30.3 Å². The topological polar surface area (TPSA) is 73.2 Å². The molecule has 0 aliphatic carbocycles. The van der Waals surface area contributed by atoms with Crippen LogP contribution < -0.4 is 15.6 Å². The van der Waals surface area contributed by atoms with E-state index in [1.807, 2.05) is 0 Å². The van der Waals surface area contributed by atoms with Crippen molar-refractivity contribution in [2.24, 2.45) is 0 Å². The van der Waals surface area contributed by atoms with Gasteiger partial charge in [-0.3, -0.25) is 14.2 Å². The van der Waals surface area contributed by atoms with Gasteiger partial charge in [0.2, 0.25) is 5.91 Å². The zero-order valence-corrected chi connectivity index (χ0v) is 17.1. The molecule has 0 unspecified atom stereocenters. The van der Waals surface area contributed by atoms with Gasteiger partial charge in [0.15, 0.2) is 5.16 Å². The van der Waals surface area contributed by atoms with E-state index in [4.69, 9.17) is 11.6 Å². The molecule has 1 N–H and O–H groups in total. The van der Waals surface area contributed by atoms with Crippen molar-refractivity contribution in [3.63, 3.8) is 0 Å². The van der Waals surface area contributed by atoms with Crippen molar-refractivity contribution >= 4 is 45.9 Å². The summed E-state index contributed by atoms with van der Waals surface area (Å²) in [6.45, 7) is 0.838. The molecular formula is C20H16ClF2N3O3S. The number of anilines is 1. The van der Waals surface area contributed by atoms with Gasteiger partial charge in [-0.25, -0.2) is 4.98 Å².